The van der Waals surface area contributed by atoms with Crippen LogP contribution in [0.2, 0.25) is 0 Å². The third-order valence-corrected chi connectivity index (χ3v) is 3.40. The first kappa shape index (κ1) is 16.2. The molecule has 118 valence electrons. The lowest BCUT2D eigenvalue weighted by Gasteiger charge is -2.19. The number of carbonyl (C=O) groups excluding carboxylic acids is 1. The third-order valence-electron chi connectivity index (χ3n) is 2.51. The number of nitrogens with one attached hydrogen (secondary N) is 2. The van der Waals surface area contributed by atoms with Gasteiger partial charge in [-0.2, -0.15) is 0 Å². The lowest BCUT2D eigenvalue weighted by molar-refractivity contribution is 0.0530. The number of aromatic nitrogens is 2. The van der Waals surface area contributed by atoms with Gasteiger partial charge in [0.25, 0.3) is 0 Å². The summed E-state index contributed by atoms with van der Waals surface area (Å²) < 4.78 is 5.15. The number of thiophene rings is 1. The van der Waals surface area contributed by atoms with Crippen molar-refractivity contribution in [2.45, 2.75) is 26.4 Å². The SMILES string of the molecule is CC(C)(C)OC(=O)NCCNc1nccc(-c2cccs2)n1. The molecule has 0 saturated carbocycles. The molecule has 0 aliphatic rings. The summed E-state index contributed by atoms with van der Waals surface area (Å²) in [5.41, 5.74) is 0.392. The number of carbonyl (C=O) groups is 1. The molecule has 0 aliphatic heterocycles. The zero-order valence-corrected chi connectivity index (χ0v) is 13.7. The molecule has 0 aliphatic carbocycles. The smallest absolute Gasteiger partial charge is 0.407 e. The van der Waals surface area contributed by atoms with Gasteiger partial charge < -0.3 is 15.4 Å². The monoisotopic (exact) mass is 320 g/mol. The van der Waals surface area contributed by atoms with E-state index in [2.05, 4.69) is 20.6 Å². The normalized spacial score (nSPS) is 11.0. The molecule has 2 aromatic rings. The van der Waals surface area contributed by atoms with E-state index in [4.69, 9.17) is 4.74 Å². The first-order valence-electron chi connectivity index (χ1n) is 7.02. The maximum absolute atomic E-state index is 11.5. The first-order chi connectivity index (χ1) is 10.4. The first-order valence-corrected chi connectivity index (χ1v) is 7.90. The Bertz CT molecular complexity index is 608. The van der Waals surface area contributed by atoms with E-state index in [-0.39, 0.29) is 0 Å². The number of hydrogen-bond donors (Lipinski definition) is 2. The maximum atomic E-state index is 11.5. The lowest BCUT2D eigenvalue weighted by atomic mass is 10.2. The van der Waals surface area contributed by atoms with Gasteiger partial charge in [0.1, 0.15) is 5.60 Å². The summed E-state index contributed by atoms with van der Waals surface area (Å²) in [5.74, 6) is 0.539. The molecule has 2 rings (SSSR count). The minimum Gasteiger partial charge on any atom is -0.444 e. The highest BCUT2D eigenvalue weighted by molar-refractivity contribution is 7.13. The lowest BCUT2D eigenvalue weighted by Crippen LogP contribution is -2.35. The Labute approximate surface area is 133 Å². The van der Waals surface area contributed by atoms with Crippen LogP contribution in [0.4, 0.5) is 10.7 Å². The molecule has 0 aromatic carbocycles. The van der Waals surface area contributed by atoms with Crippen LogP contribution in [0.15, 0.2) is 29.8 Å². The van der Waals surface area contributed by atoms with E-state index in [1.54, 1.807) is 17.5 Å². The number of amides is 1. The van der Waals surface area contributed by atoms with Gasteiger partial charge in [0.05, 0.1) is 10.6 Å². The van der Waals surface area contributed by atoms with Crippen LogP contribution in [-0.2, 0) is 4.74 Å². The Balaban J connectivity index is 1.78. The summed E-state index contributed by atoms with van der Waals surface area (Å²) in [6.45, 7) is 6.44. The summed E-state index contributed by atoms with van der Waals surface area (Å²) in [6, 6.07) is 5.87. The molecular weight excluding hydrogens is 300 g/mol. The molecule has 2 heterocycles. The maximum Gasteiger partial charge on any atom is 0.407 e. The van der Waals surface area contributed by atoms with Crippen LogP contribution in [0.3, 0.4) is 0 Å². The van der Waals surface area contributed by atoms with Crippen LogP contribution in [-0.4, -0.2) is 34.8 Å². The van der Waals surface area contributed by atoms with Gasteiger partial charge in [-0.15, -0.1) is 11.3 Å². The standard InChI is InChI=1S/C15H20N4O2S/c1-15(2,3)21-14(20)18-9-8-17-13-16-7-6-11(19-13)12-5-4-10-22-12/h4-7,10H,8-9H2,1-3H3,(H,18,20)(H,16,17,19). The molecule has 0 fully saturated rings. The Kier molecular flexibility index (Phi) is 5.32. The predicted molar refractivity (Wildman–Crippen MR) is 88.1 cm³/mol. The van der Waals surface area contributed by atoms with Gasteiger partial charge in [0.2, 0.25) is 5.95 Å². The predicted octanol–water partition coefficient (Wildman–Crippen LogP) is 3.14. The zero-order chi connectivity index (χ0) is 16.0. The Morgan fingerprint density at radius 2 is 2.14 bits per heavy atom. The van der Waals surface area contributed by atoms with Crippen molar-refractivity contribution in [3.63, 3.8) is 0 Å². The summed E-state index contributed by atoms with van der Waals surface area (Å²) in [5, 5.41) is 7.76. The van der Waals surface area contributed by atoms with E-state index in [9.17, 15) is 4.79 Å². The van der Waals surface area contributed by atoms with Gasteiger partial charge in [-0.25, -0.2) is 14.8 Å². The highest BCUT2D eigenvalue weighted by atomic mass is 32.1. The Morgan fingerprint density at radius 1 is 1.32 bits per heavy atom. The fourth-order valence-electron chi connectivity index (χ4n) is 1.66. The molecule has 0 radical (unpaired) electrons. The highest BCUT2D eigenvalue weighted by Gasteiger charge is 2.15. The molecular formula is C15H20N4O2S. The molecule has 22 heavy (non-hydrogen) atoms. The zero-order valence-electron chi connectivity index (χ0n) is 12.9. The molecule has 6 nitrogen and oxygen atoms in total. The average Bonchev–Trinajstić information content (AvgIpc) is 2.96. The van der Waals surface area contributed by atoms with E-state index < -0.39 is 11.7 Å². The number of alkyl carbamates (subject to hydrolysis) is 1. The van der Waals surface area contributed by atoms with Crippen LogP contribution in [0.25, 0.3) is 10.6 Å². The fourth-order valence-corrected chi connectivity index (χ4v) is 2.35. The van der Waals surface area contributed by atoms with Crippen molar-refractivity contribution >= 4 is 23.4 Å². The number of nitrogens with zero attached hydrogens (tertiary/aromatic N) is 2. The fraction of sp³-hybridized carbons (Fsp3) is 0.400. The van der Waals surface area contributed by atoms with Crippen molar-refractivity contribution in [1.82, 2.24) is 15.3 Å². The van der Waals surface area contributed by atoms with E-state index >= 15 is 0 Å². The number of rotatable bonds is 5. The molecule has 7 heteroatoms. The molecule has 0 atom stereocenters. The number of hydrogen-bond acceptors (Lipinski definition) is 6. The van der Waals surface area contributed by atoms with Crippen LogP contribution in [0, 0.1) is 0 Å². The quantitative estimate of drug-likeness (QED) is 0.828. The van der Waals surface area contributed by atoms with Crippen LogP contribution < -0.4 is 10.6 Å². The molecule has 0 saturated heterocycles. The van der Waals surface area contributed by atoms with Crippen molar-refractivity contribution in [1.29, 1.82) is 0 Å². The molecule has 0 spiro atoms. The van der Waals surface area contributed by atoms with Crippen molar-refractivity contribution in [2.75, 3.05) is 18.4 Å². The van der Waals surface area contributed by atoms with Gasteiger partial charge in [-0.3, -0.25) is 0 Å². The second-order valence-electron chi connectivity index (χ2n) is 5.60. The van der Waals surface area contributed by atoms with Crippen molar-refractivity contribution < 1.29 is 9.53 Å². The largest absolute Gasteiger partial charge is 0.444 e. The van der Waals surface area contributed by atoms with Gasteiger partial charge in [-0.1, -0.05) is 6.07 Å². The van der Waals surface area contributed by atoms with Crippen LogP contribution in [0.1, 0.15) is 20.8 Å². The highest BCUT2D eigenvalue weighted by Crippen LogP contribution is 2.22. The third kappa shape index (κ3) is 5.33. The van der Waals surface area contributed by atoms with Crippen molar-refractivity contribution in [3.05, 3.63) is 29.8 Å². The average molecular weight is 320 g/mol. The summed E-state index contributed by atoms with van der Waals surface area (Å²) in [4.78, 5) is 21.2. The second kappa shape index (κ2) is 7.22. The van der Waals surface area contributed by atoms with Gasteiger partial charge >= 0.3 is 6.09 Å². The van der Waals surface area contributed by atoms with E-state index in [0.717, 1.165) is 10.6 Å². The van der Waals surface area contributed by atoms with Crippen molar-refractivity contribution in [2.24, 2.45) is 0 Å². The van der Waals surface area contributed by atoms with Crippen LogP contribution >= 0.6 is 11.3 Å². The molecule has 2 aromatic heterocycles. The van der Waals surface area contributed by atoms with E-state index in [0.29, 0.717) is 19.0 Å². The molecule has 0 bridgehead atoms. The van der Waals surface area contributed by atoms with Gasteiger partial charge in [0, 0.05) is 19.3 Å². The number of anilines is 1. The minimum atomic E-state index is -0.490. The van der Waals surface area contributed by atoms with Gasteiger partial charge in [0.15, 0.2) is 0 Å². The minimum absolute atomic E-state index is 0.428. The van der Waals surface area contributed by atoms with E-state index in [1.807, 2.05) is 44.4 Å². The second-order valence-corrected chi connectivity index (χ2v) is 6.55. The Hall–Kier alpha value is -2.15. The molecule has 1 amide bonds. The molecule has 2 N–H and O–H groups in total. The summed E-state index contributed by atoms with van der Waals surface area (Å²) in [6.07, 6.45) is 1.29. The summed E-state index contributed by atoms with van der Waals surface area (Å²) in [7, 11) is 0. The van der Waals surface area contributed by atoms with Gasteiger partial charge in [-0.05, 0) is 38.3 Å². The topological polar surface area (TPSA) is 76.1 Å². The summed E-state index contributed by atoms with van der Waals surface area (Å²) >= 11 is 1.63. The Morgan fingerprint density at radius 3 is 2.82 bits per heavy atom. The van der Waals surface area contributed by atoms with E-state index in [1.165, 1.54) is 0 Å². The number of ether oxygens (including phenoxy) is 1. The van der Waals surface area contributed by atoms with Crippen molar-refractivity contribution in [3.8, 4) is 10.6 Å². The van der Waals surface area contributed by atoms with Crippen LogP contribution in [0.5, 0.6) is 0 Å². The molecule has 0 unspecified atom stereocenters.